The molecule has 0 amide bonds. The SMILES string of the molecule is COc1cccc(CC(N)C2CCCc3sccc32)c1F. The minimum atomic E-state index is -0.281. The van der Waals surface area contributed by atoms with E-state index >= 15 is 0 Å². The summed E-state index contributed by atoms with van der Waals surface area (Å²) in [4.78, 5) is 1.45. The van der Waals surface area contributed by atoms with Crippen molar-refractivity contribution in [1.82, 2.24) is 0 Å². The molecule has 112 valence electrons. The first kappa shape index (κ1) is 14.5. The number of fused-ring (bicyclic) bond motifs is 1. The van der Waals surface area contributed by atoms with Crippen LogP contribution >= 0.6 is 11.3 Å². The van der Waals surface area contributed by atoms with E-state index in [2.05, 4.69) is 11.4 Å². The first-order valence-electron chi connectivity index (χ1n) is 7.34. The van der Waals surface area contributed by atoms with Crippen LogP contribution in [0.3, 0.4) is 0 Å². The molecule has 1 aromatic heterocycles. The highest BCUT2D eigenvalue weighted by molar-refractivity contribution is 7.10. The molecule has 0 bridgehead atoms. The summed E-state index contributed by atoms with van der Waals surface area (Å²) >= 11 is 1.81. The monoisotopic (exact) mass is 305 g/mol. The van der Waals surface area contributed by atoms with Gasteiger partial charge in [-0.15, -0.1) is 11.3 Å². The highest BCUT2D eigenvalue weighted by atomic mass is 32.1. The zero-order chi connectivity index (χ0) is 14.8. The van der Waals surface area contributed by atoms with Gasteiger partial charge in [-0.05, 0) is 54.3 Å². The molecule has 1 heterocycles. The minimum absolute atomic E-state index is 0.0553. The summed E-state index contributed by atoms with van der Waals surface area (Å²) < 4.78 is 19.3. The van der Waals surface area contributed by atoms with Crippen molar-refractivity contribution in [2.45, 2.75) is 37.6 Å². The number of hydrogen-bond acceptors (Lipinski definition) is 3. The normalized spacial score (nSPS) is 19.1. The number of aryl methyl sites for hydroxylation is 1. The Kier molecular flexibility index (Phi) is 4.27. The molecule has 0 saturated carbocycles. The van der Waals surface area contributed by atoms with E-state index in [1.165, 1.54) is 24.0 Å². The Morgan fingerprint density at radius 2 is 2.29 bits per heavy atom. The summed E-state index contributed by atoms with van der Waals surface area (Å²) in [7, 11) is 1.49. The topological polar surface area (TPSA) is 35.2 Å². The molecule has 2 atom stereocenters. The zero-order valence-corrected chi connectivity index (χ0v) is 13.0. The van der Waals surface area contributed by atoms with Gasteiger partial charge in [-0.3, -0.25) is 0 Å². The highest BCUT2D eigenvalue weighted by Gasteiger charge is 2.27. The molecule has 0 aliphatic heterocycles. The van der Waals surface area contributed by atoms with Gasteiger partial charge < -0.3 is 10.5 Å². The van der Waals surface area contributed by atoms with Gasteiger partial charge in [0.25, 0.3) is 0 Å². The van der Waals surface area contributed by atoms with Crippen LogP contribution in [0.5, 0.6) is 5.75 Å². The van der Waals surface area contributed by atoms with Crippen LogP contribution in [0.15, 0.2) is 29.6 Å². The van der Waals surface area contributed by atoms with Crippen molar-refractivity contribution in [2.24, 2.45) is 5.73 Å². The Balaban J connectivity index is 1.80. The van der Waals surface area contributed by atoms with E-state index in [-0.39, 0.29) is 11.9 Å². The van der Waals surface area contributed by atoms with Crippen LogP contribution in [-0.2, 0) is 12.8 Å². The van der Waals surface area contributed by atoms with Gasteiger partial charge in [0.15, 0.2) is 11.6 Å². The first-order chi connectivity index (χ1) is 10.2. The molecule has 1 aliphatic carbocycles. The Morgan fingerprint density at radius 3 is 3.10 bits per heavy atom. The summed E-state index contributed by atoms with van der Waals surface area (Å²) in [6, 6.07) is 7.39. The predicted molar refractivity (Wildman–Crippen MR) is 84.6 cm³/mol. The standard InChI is InChI=1S/C17H20FNOS/c1-20-15-6-2-4-11(17(15)18)10-14(19)12-5-3-7-16-13(12)8-9-21-16/h2,4,6,8-9,12,14H,3,5,7,10,19H2,1H3. The molecule has 1 aromatic carbocycles. The van der Waals surface area contributed by atoms with Crippen molar-refractivity contribution in [3.05, 3.63) is 51.5 Å². The van der Waals surface area contributed by atoms with Crippen LogP contribution < -0.4 is 10.5 Å². The van der Waals surface area contributed by atoms with E-state index < -0.39 is 0 Å². The fourth-order valence-corrected chi connectivity index (χ4v) is 4.23. The number of nitrogens with two attached hydrogens (primary N) is 1. The largest absolute Gasteiger partial charge is 0.494 e. The van der Waals surface area contributed by atoms with Crippen molar-refractivity contribution < 1.29 is 9.13 Å². The van der Waals surface area contributed by atoms with Crippen molar-refractivity contribution in [3.63, 3.8) is 0 Å². The van der Waals surface area contributed by atoms with Crippen LogP contribution in [0.25, 0.3) is 0 Å². The van der Waals surface area contributed by atoms with Gasteiger partial charge in [-0.25, -0.2) is 4.39 Å². The van der Waals surface area contributed by atoms with E-state index in [1.807, 2.05) is 17.4 Å². The Bertz CT molecular complexity index is 625. The number of benzene rings is 1. The van der Waals surface area contributed by atoms with Crippen molar-refractivity contribution in [3.8, 4) is 5.75 Å². The number of ether oxygens (including phenoxy) is 1. The second-order valence-electron chi connectivity index (χ2n) is 5.60. The maximum atomic E-state index is 14.3. The van der Waals surface area contributed by atoms with Gasteiger partial charge >= 0.3 is 0 Å². The van der Waals surface area contributed by atoms with Crippen LogP contribution in [0.2, 0.25) is 0 Å². The molecular formula is C17H20FNOS. The number of rotatable bonds is 4. The van der Waals surface area contributed by atoms with Crippen molar-refractivity contribution in [2.75, 3.05) is 7.11 Å². The van der Waals surface area contributed by atoms with E-state index in [4.69, 9.17) is 10.5 Å². The molecule has 0 spiro atoms. The third-order valence-electron chi connectivity index (χ3n) is 4.33. The molecule has 2 unspecified atom stereocenters. The lowest BCUT2D eigenvalue weighted by atomic mass is 9.80. The predicted octanol–water partition coefficient (Wildman–Crippen LogP) is 3.89. The molecule has 0 radical (unpaired) electrons. The summed E-state index contributed by atoms with van der Waals surface area (Å²) in [5.41, 5.74) is 8.43. The third-order valence-corrected chi connectivity index (χ3v) is 5.33. The second-order valence-corrected chi connectivity index (χ2v) is 6.60. The molecule has 1 aliphatic rings. The summed E-state index contributed by atoms with van der Waals surface area (Å²) in [6.45, 7) is 0. The van der Waals surface area contributed by atoms with Crippen molar-refractivity contribution >= 4 is 11.3 Å². The smallest absolute Gasteiger partial charge is 0.168 e. The van der Waals surface area contributed by atoms with Gasteiger partial charge in [0.1, 0.15) is 0 Å². The number of thiophene rings is 1. The lowest BCUT2D eigenvalue weighted by Gasteiger charge is -2.28. The third kappa shape index (κ3) is 2.83. The highest BCUT2D eigenvalue weighted by Crippen LogP contribution is 2.37. The maximum absolute atomic E-state index is 14.3. The molecule has 21 heavy (non-hydrogen) atoms. The Labute approximate surface area is 128 Å². The van der Waals surface area contributed by atoms with Gasteiger partial charge in [-0.2, -0.15) is 0 Å². The first-order valence-corrected chi connectivity index (χ1v) is 8.22. The average molecular weight is 305 g/mol. The van der Waals surface area contributed by atoms with Crippen LogP contribution in [0, 0.1) is 5.82 Å². The van der Waals surface area contributed by atoms with Crippen LogP contribution in [0.4, 0.5) is 4.39 Å². The number of halogens is 1. The molecule has 2 nitrogen and oxygen atoms in total. The quantitative estimate of drug-likeness (QED) is 0.930. The van der Waals surface area contributed by atoms with Gasteiger partial charge in [-0.1, -0.05) is 12.1 Å². The second kappa shape index (κ2) is 6.16. The molecule has 3 rings (SSSR count). The summed E-state index contributed by atoms with van der Waals surface area (Å²) in [5, 5.41) is 2.14. The van der Waals surface area contributed by atoms with E-state index in [1.54, 1.807) is 12.1 Å². The zero-order valence-electron chi connectivity index (χ0n) is 12.1. The molecule has 0 fully saturated rings. The molecular weight excluding hydrogens is 285 g/mol. The molecule has 4 heteroatoms. The lowest BCUT2D eigenvalue weighted by molar-refractivity contribution is 0.381. The Morgan fingerprint density at radius 1 is 1.43 bits per heavy atom. The molecule has 0 saturated heterocycles. The number of methoxy groups -OCH3 is 1. The molecule has 2 aromatic rings. The lowest BCUT2D eigenvalue weighted by Crippen LogP contribution is -2.32. The van der Waals surface area contributed by atoms with Gasteiger partial charge in [0.2, 0.25) is 0 Å². The number of hydrogen-bond donors (Lipinski definition) is 1. The van der Waals surface area contributed by atoms with E-state index in [0.717, 1.165) is 12.8 Å². The van der Waals surface area contributed by atoms with Crippen LogP contribution in [-0.4, -0.2) is 13.2 Å². The fourth-order valence-electron chi connectivity index (χ4n) is 3.23. The average Bonchev–Trinajstić information content (AvgIpc) is 2.97. The Hall–Kier alpha value is -1.39. The van der Waals surface area contributed by atoms with Crippen LogP contribution in [0.1, 0.15) is 34.8 Å². The minimum Gasteiger partial charge on any atom is -0.494 e. The maximum Gasteiger partial charge on any atom is 0.168 e. The van der Waals surface area contributed by atoms with E-state index in [0.29, 0.717) is 23.7 Å². The van der Waals surface area contributed by atoms with E-state index in [9.17, 15) is 4.39 Å². The molecule has 2 N–H and O–H groups in total. The fraction of sp³-hybridized carbons (Fsp3) is 0.412. The van der Waals surface area contributed by atoms with Crippen molar-refractivity contribution in [1.29, 1.82) is 0 Å². The van der Waals surface area contributed by atoms with Gasteiger partial charge in [0, 0.05) is 16.8 Å². The summed E-state index contributed by atoms with van der Waals surface area (Å²) in [5.74, 6) is 0.349. The summed E-state index contributed by atoms with van der Waals surface area (Å²) in [6.07, 6.45) is 3.97. The van der Waals surface area contributed by atoms with Gasteiger partial charge in [0.05, 0.1) is 7.11 Å².